The van der Waals surface area contributed by atoms with Crippen LogP contribution in [0.25, 0.3) is 0 Å². The summed E-state index contributed by atoms with van der Waals surface area (Å²) in [6.45, 7) is 3.56. The molecule has 2 aromatic carbocycles. The van der Waals surface area contributed by atoms with Crippen molar-refractivity contribution in [2.45, 2.75) is 19.4 Å². The van der Waals surface area contributed by atoms with E-state index in [2.05, 4.69) is 17.4 Å². The van der Waals surface area contributed by atoms with Crippen LogP contribution in [-0.4, -0.2) is 13.2 Å². The molecule has 2 nitrogen and oxygen atoms in total. The quantitative estimate of drug-likeness (QED) is 0.917. The van der Waals surface area contributed by atoms with Crippen LogP contribution in [0.4, 0.5) is 4.39 Å². The van der Waals surface area contributed by atoms with Crippen LogP contribution < -0.4 is 10.1 Å². The summed E-state index contributed by atoms with van der Waals surface area (Å²) in [7, 11) is 0. The van der Waals surface area contributed by atoms with Crippen molar-refractivity contribution in [2.24, 2.45) is 0 Å². The van der Waals surface area contributed by atoms with Gasteiger partial charge in [0, 0.05) is 12.0 Å². The SMILES string of the molecule is CCNC(c1ccc(F)c(Cl)c1)c1cccc2c1OCC2. The molecule has 0 bridgehead atoms. The van der Waals surface area contributed by atoms with Crippen LogP contribution in [0, 0.1) is 5.82 Å². The van der Waals surface area contributed by atoms with Crippen LogP contribution in [0.5, 0.6) is 5.75 Å². The predicted octanol–water partition coefficient (Wildman–Crippen LogP) is 4.11. The number of fused-ring (bicyclic) bond motifs is 1. The second-order valence-corrected chi connectivity index (χ2v) is 5.51. The van der Waals surface area contributed by atoms with Gasteiger partial charge in [-0.05, 0) is 29.8 Å². The first-order chi connectivity index (χ1) is 10.2. The number of rotatable bonds is 4. The maximum atomic E-state index is 13.4. The number of para-hydroxylation sites is 1. The average molecular weight is 306 g/mol. The van der Waals surface area contributed by atoms with Gasteiger partial charge in [-0.2, -0.15) is 0 Å². The molecule has 1 unspecified atom stereocenters. The minimum Gasteiger partial charge on any atom is -0.493 e. The van der Waals surface area contributed by atoms with E-state index in [1.54, 1.807) is 12.1 Å². The zero-order chi connectivity index (χ0) is 14.8. The largest absolute Gasteiger partial charge is 0.493 e. The lowest BCUT2D eigenvalue weighted by molar-refractivity contribution is 0.350. The highest BCUT2D eigenvalue weighted by molar-refractivity contribution is 6.30. The smallest absolute Gasteiger partial charge is 0.141 e. The molecule has 1 aliphatic heterocycles. The van der Waals surface area contributed by atoms with E-state index in [1.807, 2.05) is 13.0 Å². The number of hydrogen-bond donors (Lipinski definition) is 1. The lowest BCUT2D eigenvalue weighted by Gasteiger charge is -2.21. The van der Waals surface area contributed by atoms with Gasteiger partial charge in [-0.15, -0.1) is 0 Å². The molecule has 1 N–H and O–H groups in total. The number of benzene rings is 2. The van der Waals surface area contributed by atoms with Gasteiger partial charge < -0.3 is 10.1 Å². The van der Waals surface area contributed by atoms with E-state index in [0.29, 0.717) is 0 Å². The lowest BCUT2D eigenvalue weighted by atomic mass is 9.95. The number of halogens is 2. The molecule has 0 aromatic heterocycles. The number of ether oxygens (including phenoxy) is 1. The molecule has 2 aromatic rings. The van der Waals surface area contributed by atoms with Gasteiger partial charge in [0.05, 0.1) is 17.7 Å². The third-order valence-electron chi connectivity index (χ3n) is 3.74. The first-order valence-corrected chi connectivity index (χ1v) is 7.51. The first-order valence-electron chi connectivity index (χ1n) is 7.13. The molecule has 0 amide bonds. The molecule has 0 aliphatic carbocycles. The number of nitrogens with one attached hydrogen (secondary N) is 1. The highest BCUT2D eigenvalue weighted by Gasteiger charge is 2.23. The summed E-state index contributed by atoms with van der Waals surface area (Å²) in [6, 6.07) is 11.0. The molecule has 1 aliphatic rings. The maximum absolute atomic E-state index is 13.4. The minimum absolute atomic E-state index is 0.0545. The topological polar surface area (TPSA) is 21.3 Å². The average Bonchev–Trinajstić information content (AvgIpc) is 2.96. The summed E-state index contributed by atoms with van der Waals surface area (Å²) >= 11 is 5.93. The highest BCUT2D eigenvalue weighted by Crippen LogP contribution is 2.36. The molecule has 0 saturated heterocycles. The van der Waals surface area contributed by atoms with Crippen molar-refractivity contribution in [1.29, 1.82) is 0 Å². The summed E-state index contributed by atoms with van der Waals surface area (Å²) in [5.41, 5.74) is 3.24. The summed E-state index contributed by atoms with van der Waals surface area (Å²) < 4.78 is 19.2. The Balaban J connectivity index is 2.06. The Bertz CT molecular complexity index is 659. The van der Waals surface area contributed by atoms with Crippen molar-refractivity contribution >= 4 is 11.6 Å². The fourth-order valence-electron chi connectivity index (χ4n) is 2.77. The molecule has 1 heterocycles. The normalized spacial score (nSPS) is 14.6. The van der Waals surface area contributed by atoms with Crippen molar-refractivity contribution in [3.05, 3.63) is 63.9 Å². The Morgan fingerprint density at radius 2 is 2.19 bits per heavy atom. The Kier molecular flexibility index (Phi) is 4.13. The van der Waals surface area contributed by atoms with Crippen molar-refractivity contribution in [2.75, 3.05) is 13.2 Å². The molecule has 1 atom stereocenters. The molecule has 0 radical (unpaired) electrons. The molecule has 0 saturated carbocycles. The van der Waals surface area contributed by atoms with E-state index >= 15 is 0 Å². The standard InChI is InChI=1S/C17H17ClFNO/c1-2-20-16(12-6-7-15(19)14(18)10-12)13-5-3-4-11-8-9-21-17(11)13/h3-7,10,16,20H,2,8-9H2,1H3. The lowest BCUT2D eigenvalue weighted by Crippen LogP contribution is -2.22. The van der Waals surface area contributed by atoms with Gasteiger partial charge in [0.2, 0.25) is 0 Å². The van der Waals surface area contributed by atoms with Gasteiger partial charge in [0.15, 0.2) is 0 Å². The van der Waals surface area contributed by atoms with E-state index in [1.165, 1.54) is 11.6 Å². The van der Waals surface area contributed by atoms with E-state index in [0.717, 1.165) is 36.4 Å². The highest BCUT2D eigenvalue weighted by atomic mass is 35.5. The van der Waals surface area contributed by atoms with Crippen molar-refractivity contribution < 1.29 is 9.13 Å². The monoisotopic (exact) mass is 305 g/mol. The van der Waals surface area contributed by atoms with Gasteiger partial charge in [-0.3, -0.25) is 0 Å². The Labute approximate surface area is 128 Å². The third kappa shape index (κ3) is 2.76. The maximum Gasteiger partial charge on any atom is 0.141 e. The van der Waals surface area contributed by atoms with Gasteiger partial charge in [-0.25, -0.2) is 4.39 Å². The van der Waals surface area contributed by atoms with Gasteiger partial charge in [0.25, 0.3) is 0 Å². The molecular weight excluding hydrogens is 289 g/mol. The second-order valence-electron chi connectivity index (χ2n) is 5.10. The number of hydrogen-bond acceptors (Lipinski definition) is 2. The van der Waals surface area contributed by atoms with Crippen LogP contribution in [0.2, 0.25) is 5.02 Å². The molecule has 4 heteroatoms. The van der Waals surface area contributed by atoms with Crippen LogP contribution >= 0.6 is 11.6 Å². The van der Waals surface area contributed by atoms with E-state index < -0.39 is 5.82 Å². The molecule has 3 rings (SSSR count). The molecule has 21 heavy (non-hydrogen) atoms. The first kappa shape index (κ1) is 14.4. The van der Waals surface area contributed by atoms with Crippen LogP contribution in [0.1, 0.15) is 29.7 Å². The van der Waals surface area contributed by atoms with E-state index in [4.69, 9.17) is 16.3 Å². The van der Waals surface area contributed by atoms with Gasteiger partial charge in [0.1, 0.15) is 11.6 Å². The van der Waals surface area contributed by atoms with Gasteiger partial charge >= 0.3 is 0 Å². The Morgan fingerprint density at radius 1 is 1.33 bits per heavy atom. The minimum atomic E-state index is -0.398. The van der Waals surface area contributed by atoms with Crippen molar-refractivity contribution in [1.82, 2.24) is 5.32 Å². The van der Waals surface area contributed by atoms with Crippen LogP contribution in [-0.2, 0) is 6.42 Å². The zero-order valence-corrected chi connectivity index (χ0v) is 12.6. The van der Waals surface area contributed by atoms with Crippen molar-refractivity contribution in [3.8, 4) is 5.75 Å². The second kappa shape index (κ2) is 6.04. The van der Waals surface area contributed by atoms with E-state index in [9.17, 15) is 4.39 Å². The summed E-state index contributed by atoms with van der Waals surface area (Å²) in [4.78, 5) is 0. The van der Waals surface area contributed by atoms with Crippen LogP contribution in [0.3, 0.4) is 0 Å². The summed E-state index contributed by atoms with van der Waals surface area (Å²) in [5, 5.41) is 3.57. The summed E-state index contributed by atoms with van der Waals surface area (Å²) in [5.74, 6) is 0.550. The Hall–Kier alpha value is -1.58. The van der Waals surface area contributed by atoms with Gasteiger partial charge in [-0.1, -0.05) is 42.8 Å². The third-order valence-corrected chi connectivity index (χ3v) is 4.03. The predicted molar refractivity (Wildman–Crippen MR) is 82.6 cm³/mol. The fourth-order valence-corrected chi connectivity index (χ4v) is 2.96. The molecule has 0 spiro atoms. The molecular formula is C17H17ClFNO. The fraction of sp³-hybridized carbons (Fsp3) is 0.294. The zero-order valence-electron chi connectivity index (χ0n) is 11.8. The molecule has 110 valence electrons. The van der Waals surface area contributed by atoms with Crippen molar-refractivity contribution in [3.63, 3.8) is 0 Å². The van der Waals surface area contributed by atoms with E-state index in [-0.39, 0.29) is 11.1 Å². The molecule has 0 fully saturated rings. The van der Waals surface area contributed by atoms with Crippen LogP contribution in [0.15, 0.2) is 36.4 Å². The summed E-state index contributed by atoms with van der Waals surface area (Å²) in [6.07, 6.45) is 0.937. The Morgan fingerprint density at radius 3 is 2.95 bits per heavy atom.